The van der Waals surface area contributed by atoms with E-state index in [1.165, 1.54) is 78.6 Å². The Labute approximate surface area is 284 Å². The fraction of sp³-hybridized carbons (Fsp3) is 0. The lowest BCUT2D eigenvalue weighted by Crippen LogP contribution is -2.09. The second-order valence-corrected chi connectivity index (χ2v) is 14.6. The highest BCUT2D eigenvalue weighted by Gasteiger charge is 2.25. The van der Waals surface area contributed by atoms with Crippen LogP contribution in [0.1, 0.15) is 0 Å². The predicted molar refractivity (Wildman–Crippen MR) is 210 cm³/mol. The van der Waals surface area contributed by atoms with Gasteiger partial charge in [-0.05, 0) is 83.6 Å². The summed E-state index contributed by atoms with van der Waals surface area (Å²) in [5, 5.41) is 10.6. The lowest BCUT2D eigenvalue weighted by atomic mass is 9.98. The van der Waals surface area contributed by atoms with Gasteiger partial charge in [0, 0.05) is 64.5 Å². The lowest BCUT2D eigenvalue weighted by Gasteiger charge is -2.25. The molecule has 0 atom stereocenters. The van der Waals surface area contributed by atoms with E-state index in [4.69, 9.17) is 0 Å². The topological polar surface area (TPSA) is 8.17 Å². The van der Waals surface area contributed by atoms with Gasteiger partial charge in [0.05, 0.1) is 20.4 Å². The van der Waals surface area contributed by atoms with Crippen molar-refractivity contribution in [1.82, 2.24) is 4.57 Å². The average Bonchev–Trinajstić information content (AvgIpc) is 3.82. The first kappa shape index (κ1) is 26.4. The van der Waals surface area contributed by atoms with Crippen LogP contribution in [-0.4, -0.2) is 4.57 Å². The number of para-hydroxylation sites is 3. The number of aromatic nitrogens is 1. The van der Waals surface area contributed by atoms with Crippen LogP contribution < -0.4 is 4.90 Å². The molecular weight excluding hydrogens is 621 g/mol. The first-order chi connectivity index (χ1) is 23.8. The third kappa shape index (κ3) is 3.61. The van der Waals surface area contributed by atoms with Crippen LogP contribution in [0.3, 0.4) is 0 Å². The summed E-state index contributed by atoms with van der Waals surface area (Å²) in [6.45, 7) is 0. The smallest absolute Gasteiger partial charge is 0.0726 e. The van der Waals surface area contributed by atoms with Crippen LogP contribution in [0.15, 0.2) is 158 Å². The molecule has 0 aliphatic heterocycles. The van der Waals surface area contributed by atoms with Gasteiger partial charge in [0.1, 0.15) is 0 Å². The summed E-state index contributed by atoms with van der Waals surface area (Å²) in [5.41, 5.74) is 7.28. The SMILES string of the molecule is c1ccc(N(c2ccccc2)c2ccc3sc4c(cc5ccc6cc7c8ccccc8sc7c7c6c5c4n7-c4ccccc4)c3c2)cc1. The van der Waals surface area contributed by atoms with E-state index in [2.05, 4.69) is 167 Å². The van der Waals surface area contributed by atoms with Gasteiger partial charge in [0.15, 0.2) is 0 Å². The molecule has 0 fully saturated rings. The largest absolute Gasteiger partial charge is 0.310 e. The Hall–Kier alpha value is -5.68. The number of nitrogens with zero attached hydrogens (tertiary/aromatic N) is 2. The van der Waals surface area contributed by atoms with Crippen molar-refractivity contribution in [3.8, 4) is 5.69 Å². The second kappa shape index (κ2) is 9.91. The van der Waals surface area contributed by atoms with E-state index >= 15 is 0 Å². The summed E-state index contributed by atoms with van der Waals surface area (Å²) in [4.78, 5) is 2.36. The van der Waals surface area contributed by atoms with Crippen molar-refractivity contribution in [3.63, 3.8) is 0 Å². The Kier molecular flexibility index (Phi) is 5.45. The number of rotatable bonds is 4. The van der Waals surface area contributed by atoms with Gasteiger partial charge in [-0.2, -0.15) is 0 Å². The van der Waals surface area contributed by atoms with Crippen molar-refractivity contribution in [2.24, 2.45) is 0 Å². The van der Waals surface area contributed by atoms with Crippen LogP contribution in [0.5, 0.6) is 0 Å². The molecule has 48 heavy (non-hydrogen) atoms. The van der Waals surface area contributed by atoms with Crippen LogP contribution in [-0.2, 0) is 0 Å². The molecule has 4 heteroatoms. The molecule has 0 N–H and O–H groups in total. The molecule has 8 aromatic carbocycles. The quantitative estimate of drug-likeness (QED) is 0.173. The molecule has 11 rings (SSSR count). The Bertz CT molecular complexity index is 2950. The highest BCUT2D eigenvalue weighted by atomic mass is 32.1. The summed E-state index contributed by atoms with van der Waals surface area (Å²) < 4.78 is 7.90. The van der Waals surface area contributed by atoms with Crippen LogP contribution in [0.4, 0.5) is 17.1 Å². The zero-order chi connectivity index (χ0) is 31.3. The molecular formula is C44H26N2S2. The van der Waals surface area contributed by atoms with E-state index in [0.29, 0.717) is 0 Å². The van der Waals surface area contributed by atoms with E-state index < -0.39 is 0 Å². The van der Waals surface area contributed by atoms with Gasteiger partial charge in [0.2, 0.25) is 0 Å². The Morgan fingerprint density at radius 1 is 0.396 bits per heavy atom. The van der Waals surface area contributed by atoms with Gasteiger partial charge in [-0.3, -0.25) is 0 Å². The molecule has 0 radical (unpaired) electrons. The zero-order valence-corrected chi connectivity index (χ0v) is 27.4. The molecule has 2 nitrogen and oxygen atoms in total. The van der Waals surface area contributed by atoms with Crippen LogP contribution >= 0.6 is 22.7 Å². The molecule has 3 aromatic heterocycles. The first-order valence-corrected chi connectivity index (χ1v) is 17.9. The van der Waals surface area contributed by atoms with Crippen molar-refractivity contribution in [3.05, 3.63) is 158 Å². The number of fused-ring (bicyclic) bond motifs is 8. The first-order valence-electron chi connectivity index (χ1n) is 16.3. The minimum absolute atomic E-state index is 1.15. The fourth-order valence-corrected chi connectivity index (χ4v) is 10.3. The van der Waals surface area contributed by atoms with Crippen molar-refractivity contribution in [2.75, 3.05) is 4.90 Å². The number of hydrogen-bond donors (Lipinski definition) is 0. The van der Waals surface area contributed by atoms with Gasteiger partial charge in [-0.1, -0.05) is 84.9 Å². The lowest BCUT2D eigenvalue weighted by molar-refractivity contribution is 1.20. The van der Waals surface area contributed by atoms with Gasteiger partial charge in [-0.25, -0.2) is 0 Å². The number of thiophene rings is 2. The fourth-order valence-electron chi connectivity index (χ4n) is 7.85. The van der Waals surface area contributed by atoms with Gasteiger partial charge in [-0.15, -0.1) is 22.7 Å². The second-order valence-electron chi connectivity index (χ2n) is 12.5. The molecule has 11 aromatic rings. The molecule has 0 spiro atoms. The Morgan fingerprint density at radius 3 is 1.54 bits per heavy atom. The maximum Gasteiger partial charge on any atom is 0.0726 e. The summed E-state index contributed by atoms with van der Waals surface area (Å²) in [5.74, 6) is 0. The molecule has 0 saturated carbocycles. The van der Waals surface area contributed by atoms with E-state index in [-0.39, 0.29) is 0 Å². The predicted octanol–water partition coefficient (Wildman–Crippen LogP) is 13.6. The monoisotopic (exact) mass is 646 g/mol. The van der Waals surface area contributed by atoms with E-state index in [9.17, 15) is 0 Å². The maximum atomic E-state index is 2.57. The molecule has 0 amide bonds. The van der Waals surface area contributed by atoms with Crippen molar-refractivity contribution in [2.45, 2.75) is 0 Å². The van der Waals surface area contributed by atoms with Crippen molar-refractivity contribution in [1.29, 1.82) is 0 Å². The number of hydrogen-bond acceptors (Lipinski definition) is 3. The maximum absolute atomic E-state index is 2.57. The van der Waals surface area contributed by atoms with Gasteiger partial charge >= 0.3 is 0 Å². The molecule has 0 bridgehead atoms. The van der Waals surface area contributed by atoms with Crippen LogP contribution in [0, 0.1) is 0 Å². The third-order valence-corrected chi connectivity index (χ3v) is 12.3. The molecule has 224 valence electrons. The molecule has 0 unspecified atom stereocenters. The van der Waals surface area contributed by atoms with E-state index in [0.717, 1.165) is 17.1 Å². The zero-order valence-electron chi connectivity index (χ0n) is 25.7. The van der Waals surface area contributed by atoms with E-state index in [1.54, 1.807) is 0 Å². The summed E-state index contributed by atoms with van der Waals surface area (Å²) in [6.07, 6.45) is 0. The van der Waals surface area contributed by atoms with Crippen molar-refractivity contribution < 1.29 is 0 Å². The van der Waals surface area contributed by atoms with Crippen LogP contribution in [0.2, 0.25) is 0 Å². The van der Waals surface area contributed by atoms with Crippen LogP contribution in [0.25, 0.3) is 78.6 Å². The highest BCUT2D eigenvalue weighted by molar-refractivity contribution is 7.27. The van der Waals surface area contributed by atoms with E-state index in [1.807, 2.05) is 22.7 Å². The minimum atomic E-state index is 1.15. The highest BCUT2D eigenvalue weighted by Crippen LogP contribution is 2.51. The van der Waals surface area contributed by atoms with Crippen molar-refractivity contribution >= 4 is 113 Å². The summed E-state index contributed by atoms with van der Waals surface area (Å²) in [6, 6.07) is 57.7. The number of benzene rings is 8. The standard InChI is InChI=1S/C44H26N2S2/c1-4-12-29(13-5-1)45(30-14-6-2-7-15-30)32-22-23-38-34(26-32)36-25-28-21-20-27-24-35-33-18-10-11-19-37(33)47-43(35)41-39(27)40(28)42(44(36)48-38)46(41)31-16-8-3-9-17-31/h1-26H. The normalized spacial score (nSPS) is 12.2. The average molecular weight is 647 g/mol. The molecule has 3 heterocycles. The van der Waals surface area contributed by atoms with Gasteiger partial charge < -0.3 is 9.47 Å². The third-order valence-electron chi connectivity index (χ3n) is 9.87. The Morgan fingerprint density at radius 2 is 0.917 bits per heavy atom. The minimum Gasteiger partial charge on any atom is -0.310 e. The summed E-state index contributed by atoms with van der Waals surface area (Å²) >= 11 is 3.83. The number of anilines is 3. The van der Waals surface area contributed by atoms with Gasteiger partial charge in [0.25, 0.3) is 0 Å². The molecule has 0 aliphatic carbocycles. The molecule has 0 aliphatic rings. The Balaban J connectivity index is 1.28. The molecule has 0 saturated heterocycles. The summed E-state index contributed by atoms with van der Waals surface area (Å²) in [7, 11) is 0.